The molecule has 158 valence electrons. The van der Waals surface area contributed by atoms with E-state index < -0.39 is 9.84 Å². The molecule has 0 spiro atoms. The van der Waals surface area contributed by atoms with Crippen LogP contribution in [0.3, 0.4) is 0 Å². The number of benzene rings is 2. The molecule has 2 N–H and O–H groups in total. The number of guanidine groups is 1. The molecule has 0 unspecified atom stereocenters. The summed E-state index contributed by atoms with van der Waals surface area (Å²) in [5.74, 6) is 1.65. The lowest BCUT2D eigenvalue weighted by atomic mass is 10.1. The molecule has 0 heterocycles. The van der Waals surface area contributed by atoms with Crippen LogP contribution in [0.1, 0.15) is 24.5 Å². The monoisotopic (exact) mass is 417 g/mol. The van der Waals surface area contributed by atoms with E-state index in [2.05, 4.69) is 22.5 Å². The van der Waals surface area contributed by atoms with Crippen molar-refractivity contribution in [2.75, 3.05) is 32.5 Å². The Balaban J connectivity index is 1.73. The Morgan fingerprint density at radius 1 is 1.03 bits per heavy atom. The summed E-state index contributed by atoms with van der Waals surface area (Å²) in [6, 6.07) is 15.0. The standard InChI is InChI=1S/C22H31N3O3S/c1-4-23-22(24-15-5-17-28-20-10-6-18(2)7-11-20)25-16-14-19-8-12-21(13-9-19)29(3,26)27/h6-13H,4-5,14-17H2,1-3H3,(H2,23,24,25). The molecule has 0 atom stereocenters. The van der Waals surface area contributed by atoms with E-state index in [9.17, 15) is 8.42 Å². The summed E-state index contributed by atoms with van der Waals surface area (Å²) >= 11 is 0. The smallest absolute Gasteiger partial charge is 0.191 e. The highest BCUT2D eigenvalue weighted by Gasteiger charge is 2.06. The maximum atomic E-state index is 11.5. The number of ether oxygens (including phenoxy) is 1. The number of sulfone groups is 1. The Morgan fingerprint density at radius 3 is 2.34 bits per heavy atom. The Labute approximate surface area is 174 Å². The second kappa shape index (κ2) is 11.5. The van der Waals surface area contributed by atoms with Crippen molar-refractivity contribution < 1.29 is 13.2 Å². The Hall–Kier alpha value is -2.54. The van der Waals surface area contributed by atoms with Crippen molar-refractivity contribution in [3.05, 3.63) is 59.7 Å². The van der Waals surface area contributed by atoms with Crippen LogP contribution in [0.4, 0.5) is 0 Å². The average Bonchev–Trinajstić information content (AvgIpc) is 2.69. The largest absolute Gasteiger partial charge is 0.494 e. The van der Waals surface area contributed by atoms with Gasteiger partial charge in [-0.1, -0.05) is 29.8 Å². The Morgan fingerprint density at radius 2 is 1.72 bits per heavy atom. The third-order valence-corrected chi connectivity index (χ3v) is 5.39. The summed E-state index contributed by atoms with van der Waals surface area (Å²) < 4.78 is 28.8. The first-order valence-electron chi connectivity index (χ1n) is 9.89. The number of aryl methyl sites for hydroxylation is 1. The highest BCUT2D eigenvalue weighted by molar-refractivity contribution is 7.90. The predicted octanol–water partition coefficient (Wildman–Crippen LogP) is 2.97. The van der Waals surface area contributed by atoms with Gasteiger partial charge in [0.1, 0.15) is 5.75 Å². The van der Waals surface area contributed by atoms with Gasteiger partial charge in [0.15, 0.2) is 15.8 Å². The molecule has 2 rings (SSSR count). The van der Waals surface area contributed by atoms with Gasteiger partial charge in [-0.05, 0) is 50.1 Å². The summed E-state index contributed by atoms with van der Waals surface area (Å²) in [7, 11) is -3.15. The van der Waals surface area contributed by atoms with E-state index >= 15 is 0 Å². The number of nitrogens with one attached hydrogen (secondary N) is 2. The quantitative estimate of drug-likeness (QED) is 0.353. The fourth-order valence-electron chi connectivity index (χ4n) is 2.65. The van der Waals surface area contributed by atoms with E-state index in [1.54, 1.807) is 12.1 Å². The number of aliphatic imine (C=N–C) groups is 1. The molecule has 0 saturated heterocycles. The molecule has 0 aromatic heterocycles. The second-order valence-corrected chi connectivity index (χ2v) is 8.88. The van der Waals surface area contributed by atoms with E-state index in [0.29, 0.717) is 24.6 Å². The molecule has 6 nitrogen and oxygen atoms in total. The van der Waals surface area contributed by atoms with Gasteiger partial charge in [-0.3, -0.25) is 4.99 Å². The molecule has 0 aliphatic rings. The predicted molar refractivity (Wildman–Crippen MR) is 119 cm³/mol. The van der Waals surface area contributed by atoms with Crippen LogP contribution in [-0.4, -0.2) is 46.9 Å². The van der Waals surface area contributed by atoms with E-state index in [4.69, 9.17) is 4.74 Å². The van der Waals surface area contributed by atoms with Gasteiger partial charge in [0.25, 0.3) is 0 Å². The molecule has 0 saturated carbocycles. The third-order valence-electron chi connectivity index (χ3n) is 4.26. The molecule has 29 heavy (non-hydrogen) atoms. The average molecular weight is 418 g/mol. The maximum Gasteiger partial charge on any atom is 0.191 e. The van der Waals surface area contributed by atoms with Gasteiger partial charge in [-0.25, -0.2) is 8.42 Å². The first kappa shape index (κ1) is 22.7. The number of hydrogen-bond acceptors (Lipinski definition) is 4. The van der Waals surface area contributed by atoms with Crippen molar-refractivity contribution in [3.8, 4) is 5.75 Å². The fourth-order valence-corrected chi connectivity index (χ4v) is 3.28. The minimum Gasteiger partial charge on any atom is -0.494 e. The highest BCUT2D eigenvalue weighted by Crippen LogP contribution is 2.12. The topological polar surface area (TPSA) is 79.8 Å². The maximum absolute atomic E-state index is 11.5. The summed E-state index contributed by atoms with van der Waals surface area (Å²) in [4.78, 5) is 4.92. The minimum atomic E-state index is -3.15. The lowest BCUT2D eigenvalue weighted by Crippen LogP contribution is -2.38. The molecular formula is C22H31N3O3S. The van der Waals surface area contributed by atoms with Crippen molar-refractivity contribution in [1.29, 1.82) is 0 Å². The van der Waals surface area contributed by atoms with E-state index in [-0.39, 0.29) is 0 Å². The summed E-state index contributed by atoms with van der Waals surface area (Å²) in [5.41, 5.74) is 2.29. The molecule has 0 bridgehead atoms. The van der Waals surface area contributed by atoms with Gasteiger partial charge in [-0.2, -0.15) is 0 Å². The van der Waals surface area contributed by atoms with Crippen LogP contribution >= 0.6 is 0 Å². The first-order valence-corrected chi connectivity index (χ1v) is 11.8. The van der Waals surface area contributed by atoms with Gasteiger partial charge in [0.05, 0.1) is 11.5 Å². The zero-order valence-corrected chi connectivity index (χ0v) is 18.3. The van der Waals surface area contributed by atoms with Gasteiger partial charge in [-0.15, -0.1) is 0 Å². The molecule has 7 heteroatoms. The highest BCUT2D eigenvalue weighted by atomic mass is 32.2. The molecule has 0 aliphatic carbocycles. The van der Waals surface area contributed by atoms with E-state index in [1.165, 1.54) is 11.8 Å². The summed E-state index contributed by atoms with van der Waals surface area (Å²) in [6.07, 6.45) is 2.83. The fraction of sp³-hybridized carbons (Fsp3) is 0.409. The van der Waals surface area contributed by atoms with Crippen molar-refractivity contribution in [2.24, 2.45) is 4.99 Å². The van der Waals surface area contributed by atoms with Crippen molar-refractivity contribution in [3.63, 3.8) is 0 Å². The lowest BCUT2D eigenvalue weighted by molar-refractivity contribution is 0.313. The van der Waals surface area contributed by atoms with Crippen LogP contribution in [0.5, 0.6) is 5.75 Å². The zero-order valence-electron chi connectivity index (χ0n) is 17.4. The van der Waals surface area contributed by atoms with Crippen LogP contribution < -0.4 is 15.4 Å². The van der Waals surface area contributed by atoms with Crippen LogP contribution in [0, 0.1) is 6.92 Å². The SMILES string of the molecule is CCNC(=NCCCOc1ccc(C)cc1)NCCc1ccc(S(C)(=O)=O)cc1. The molecule has 0 aliphatic heterocycles. The molecule has 0 amide bonds. The van der Waals surface area contributed by atoms with Gasteiger partial charge < -0.3 is 15.4 Å². The molecule has 2 aromatic carbocycles. The molecule has 0 fully saturated rings. The van der Waals surface area contributed by atoms with Crippen molar-refractivity contribution in [1.82, 2.24) is 10.6 Å². The van der Waals surface area contributed by atoms with Crippen LogP contribution in [0.25, 0.3) is 0 Å². The molecule has 0 radical (unpaired) electrons. The first-order chi connectivity index (χ1) is 13.9. The third kappa shape index (κ3) is 8.56. The van der Waals surface area contributed by atoms with Crippen LogP contribution in [0.2, 0.25) is 0 Å². The molecule has 2 aromatic rings. The van der Waals surface area contributed by atoms with Gasteiger partial charge >= 0.3 is 0 Å². The Kier molecular flexibility index (Phi) is 8.99. The van der Waals surface area contributed by atoms with Crippen molar-refractivity contribution in [2.45, 2.75) is 31.6 Å². The van der Waals surface area contributed by atoms with Gasteiger partial charge in [0, 0.05) is 32.3 Å². The lowest BCUT2D eigenvalue weighted by Gasteiger charge is -2.12. The van der Waals surface area contributed by atoms with Crippen molar-refractivity contribution >= 4 is 15.8 Å². The number of hydrogen-bond donors (Lipinski definition) is 2. The van der Waals surface area contributed by atoms with E-state index in [1.807, 2.05) is 43.3 Å². The second-order valence-electron chi connectivity index (χ2n) is 6.87. The summed E-state index contributed by atoms with van der Waals surface area (Å²) in [6.45, 7) is 6.88. The van der Waals surface area contributed by atoms with Crippen LogP contribution in [-0.2, 0) is 16.3 Å². The number of nitrogens with zero attached hydrogens (tertiary/aromatic N) is 1. The Bertz CT molecular complexity index is 877. The minimum absolute atomic E-state index is 0.344. The number of rotatable bonds is 10. The van der Waals surface area contributed by atoms with Crippen LogP contribution in [0.15, 0.2) is 58.4 Å². The zero-order chi connectivity index (χ0) is 21.1. The van der Waals surface area contributed by atoms with E-state index in [0.717, 1.165) is 36.7 Å². The van der Waals surface area contributed by atoms with Gasteiger partial charge in [0.2, 0.25) is 0 Å². The molecular weight excluding hydrogens is 386 g/mol. The normalized spacial score (nSPS) is 11.9. The summed E-state index contributed by atoms with van der Waals surface area (Å²) in [5, 5.41) is 6.54.